The predicted octanol–water partition coefficient (Wildman–Crippen LogP) is 0.767. The van der Waals surface area contributed by atoms with Gasteiger partial charge in [0.25, 0.3) is 5.91 Å². The lowest BCUT2D eigenvalue weighted by atomic mass is 10.2. The molecule has 7 nitrogen and oxygen atoms in total. The molecule has 0 radical (unpaired) electrons. The number of pyridine rings is 1. The number of rotatable bonds is 4. The second kappa shape index (κ2) is 6.15. The molecule has 2 aromatic rings. The molecule has 0 unspecified atom stereocenters. The van der Waals surface area contributed by atoms with Gasteiger partial charge in [0.15, 0.2) is 6.04 Å². The number of carbonyl (C=O) groups excluding carboxylic acids is 2. The zero-order valence-corrected chi connectivity index (χ0v) is 12.7. The maximum atomic E-state index is 12.1. The molecule has 2 heterocycles. The minimum Gasteiger partial charge on any atom is -0.458 e. The summed E-state index contributed by atoms with van der Waals surface area (Å²) in [6, 6.07) is 4.25. The number of fused-ring (bicyclic) bond motifs is 1. The monoisotopic (exact) mass is 305 g/mol. The average molecular weight is 305 g/mol. The lowest BCUT2D eigenvalue weighted by Crippen LogP contribution is -2.46. The molecular formula is C15H19N3O4. The molecule has 0 spiro atoms. The Morgan fingerprint density at radius 2 is 2.14 bits per heavy atom. The first-order valence-corrected chi connectivity index (χ1v) is 6.88. The quantitative estimate of drug-likeness (QED) is 0.814. The molecule has 1 amide bonds. The summed E-state index contributed by atoms with van der Waals surface area (Å²) >= 11 is 0. The van der Waals surface area contributed by atoms with Crippen LogP contribution in [0.3, 0.4) is 0 Å². The number of nitrogens with one attached hydrogen (secondary N) is 1. The van der Waals surface area contributed by atoms with Crippen LogP contribution in [0.1, 0.15) is 31.3 Å². The first-order valence-electron chi connectivity index (χ1n) is 6.88. The van der Waals surface area contributed by atoms with E-state index in [0.717, 1.165) is 0 Å². The van der Waals surface area contributed by atoms with E-state index in [9.17, 15) is 14.7 Å². The van der Waals surface area contributed by atoms with Crippen LogP contribution in [0, 0.1) is 0 Å². The minimum absolute atomic E-state index is 0.160. The first-order chi connectivity index (χ1) is 10.3. The van der Waals surface area contributed by atoms with Gasteiger partial charge >= 0.3 is 5.97 Å². The topological polar surface area (TPSA) is 92.9 Å². The van der Waals surface area contributed by atoms with E-state index in [1.54, 1.807) is 49.7 Å². The van der Waals surface area contributed by atoms with Crippen LogP contribution in [0.25, 0.3) is 5.65 Å². The van der Waals surface area contributed by atoms with Gasteiger partial charge in [-0.25, -0.2) is 9.78 Å². The highest BCUT2D eigenvalue weighted by Gasteiger charge is 2.27. The highest BCUT2D eigenvalue weighted by atomic mass is 16.6. The number of nitrogens with zero attached hydrogens (tertiary/aromatic N) is 2. The lowest BCUT2D eigenvalue weighted by molar-refractivity contribution is -0.158. The van der Waals surface area contributed by atoms with Crippen molar-refractivity contribution in [3.8, 4) is 0 Å². The fraction of sp³-hybridized carbons (Fsp3) is 0.400. The van der Waals surface area contributed by atoms with E-state index in [1.165, 1.54) is 0 Å². The largest absolute Gasteiger partial charge is 0.458 e. The molecule has 22 heavy (non-hydrogen) atoms. The molecular weight excluding hydrogens is 286 g/mol. The summed E-state index contributed by atoms with van der Waals surface area (Å²) in [5.41, 5.74) is 0.0804. The van der Waals surface area contributed by atoms with Crippen LogP contribution in [0.15, 0.2) is 30.6 Å². The molecule has 0 bridgehead atoms. The summed E-state index contributed by atoms with van der Waals surface area (Å²) in [6.45, 7) is 4.59. The molecule has 0 aliphatic heterocycles. The van der Waals surface area contributed by atoms with Gasteiger partial charge in [0, 0.05) is 12.4 Å². The molecule has 2 rings (SSSR count). The maximum absolute atomic E-state index is 12.1. The molecule has 118 valence electrons. The Morgan fingerprint density at radius 3 is 2.73 bits per heavy atom. The number of aliphatic hydroxyl groups is 1. The zero-order chi connectivity index (χ0) is 16.3. The number of amides is 1. The summed E-state index contributed by atoms with van der Waals surface area (Å²) in [6.07, 6.45) is 3.31. The smallest absolute Gasteiger partial charge is 0.331 e. The fourth-order valence-electron chi connectivity index (χ4n) is 1.83. The molecule has 0 aromatic carbocycles. The molecule has 0 fully saturated rings. The Hall–Kier alpha value is -2.41. The van der Waals surface area contributed by atoms with E-state index in [0.29, 0.717) is 5.65 Å². The molecule has 2 aromatic heterocycles. The van der Waals surface area contributed by atoms with Gasteiger partial charge in [-0.3, -0.25) is 4.79 Å². The summed E-state index contributed by atoms with van der Waals surface area (Å²) in [4.78, 5) is 28.2. The third kappa shape index (κ3) is 3.82. The van der Waals surface area contributed by atoms with Crippen LogP contribution in [-0.2, 0) is 9.53 Å². The zero-order valence-electron chi connectivity index (χ0n) is 12.7. The van der Waals surface area contributed by atoms with Crippen LogP contribution in [0.5, 0.6) is 0 Å². The van der Waals surface area contributed by atoms with Gasteiger partial charge in [0.1, 0.15) is 16.9 Å². The summed E-state index contributed by atoms with van der Waals surface area (Å²) < 4.78 is 6.84. The van der Waals surface area contributed by atoms with Crippen molar-refractivity contribution in [2.45, 2.75) is 32.4 Å². The first kappa shape index (κ1) is 16.0. The lowest BCUT2D eigenvalue weighted by Gasteiger charge is -2.23. The molecule has 7 heteroatoms. The van der Waals surface area contributed by atoms with Gasteiger partial charge in [-0.05, 0) is 32.9 Å². The Kier molecular flexibility index (Phi) is 4.46. The van der Waals surface area contributed by atoms with E-state index in [1.807, 2.05) is 6.07 Å². The molecule has 0 saturated heterocycles. The van der Waals surface area contributed by atoms with Gasteiger partial charge in [-0.2, -0.15) is 0 Å². The van der Waals surface area contributed by atoms with Crippen LogP contribution >= 0.6 is 0 Å². The highest BCUT2D eigenvalue weighted by Crippen LogP contribution is 2.09. The van der Waals surface area contributed by atoms with E-state index in [-0.39, 0.29) is 5.69 Å². The van der Waals surface area contributed by atoms with E-state index in [2.05, 4.69) is 10.3 Å². The second-order valence-electron chi connectivity index (χ2n) is 5.83. The Labute approximate surface area is 127 Å². The standard InChI is InChI=1S/C15H19N3O4/c1-15(2,3)22-14(21)11(9-19)17-13(20)10-8-18-7-5-4-6-12(18)16-10/h4-8,11,19H,9H2,1-3H3,(H,17,20)/t11-/m0/s1. The number of hydrogen-bond acceptors (Lipinski definition) is 5. The van der Waals surface area contributed by atoms with E-state index < -0.39 is 30.1 Å². The van der Waals surface area contributed by atoms with Crippen molar-refractivity contribution in [3.63, 3.8) is 0 Å². The molecule has 0 aliphatic rings. The SMILES string of the molecule is CC(C)(C)OC(=O)[C@H](CO)NC(=O)c1cn2ccccc2n1. The van der Waals surface area contributed by atoms with Crippen LogP contribution in [0.2, 0.25) is 0 Å². The summed E-state index contributed by atoms with van der Waals surface area (Å²) in [7, 11) is 0. The number of esters is 1. The van der Waals surface area contributed by atoms with Gasteiger partial charge in [0.2, 0.25) is 0 Å². The number of ether oxygens (including phenoxy) is 1. The number of aliphatic hydroxyl groups excluding tert-OH is 1. The van der Waals surface area contributed by atoms with Crippen LogP contribution < -0.4 is 5.32 Å². The number of hydrogen-bond donors (Lipinski definition) is 2. The summed E-state index contributed by atoms with van der Waals surface area (Å²) in [5, 5.41) is 11.7. The van der Waals surface area contributed by atoms with Crippen molar-refractivity contribution in [2.24, 2.45) is 0 Å². The molecule has 1 atom stereocenters. The van der Waals surface area contributed by atoms with Gasteiger partial charge in [0.05, 0.1) is 6.61 Å². The third-order valence-electron chi connectivity index (χ3n) is 2.78. The molecule has 0 aliphatic carbocycles. The normalized spacial score (nSPS) is 12.9. The van der Waals surface area contributed by atoms with Crippen LogP contribution in [-0.4, -0.2) is 44.6 Å². The van der Waals surface area contributed by atoms with Gasteiger partial charge in [-0.15, -0.1) is 0 Å². The van der Waals surface area contributed by atoms with Gasteiger partial charge in [-0.1, -0.05) is 6.07 Å². The molecule has 2 N–H and O–H groups in total. The van der Waals surface area contributed by atoms with Crippen LogP contribution in [0.4, 0.5) is 0 Å². The Bertz CT molecular complexity index is 654. The van der Waals surface area contributed by atoms with Gasteiger partial charge < -0.3 is 19.6 Å². The van der Waals surface area contributed by atoms with E-state index >= 15 is 0 Å². The predicted molar refractivity (Wildman–Crippen MR) is 79.4 cm³/mol. The molecule has 0 saturated carbocycles. The van der Waals surface area contributed by atoms with Crippen molar-refractivity contribution < 1.29 is 19.4 Å². The third-order valence-corrected chi connectivity index (χ3v) is 2.78. The van der Waals surface area contributed by atoms with Crippen molar-refractivity contribution in [1.82, 2.24) is 14.7 Å². The minimum atomic E-state index is -1.13. The van der Waals surface area contributed by atoms with Crippen molar-refractivity contribution in [3.05, 3.63) is 36.3 Å². The highest BCUT2D eigenvalue weighted by molar-refractivity contribution is 5.95. The van der Waals surface area contributed by atoms with Crippen molar-refractivity contribution >= 4 is 17.5 Å². The fourth-order valence-corrected chi connectivity index (χ4v) is 1.83. The number of imidazole rings is 1. The Morgan fingerprint density at radius 1 is 1.41 bits per heavy atom. The van der Waals surface area contributed by atoms with E-state index in [4.69, 9.17) is 4.74 Å². The van der Waals surface area contributed by atoms with Crippen molar-refractivity contribution in [2.75, 3.05) is 6.61 Å². The number of carbonyl (C=O) groups is 2. The second-order valence-corrected chi connectivity index (χ2v) is 5.83. The Balaban J connectivity index is 2.10. The maximum Gasteiger partial charge on any atom is 0.331 e. The van der Waals surface area contributed by atoms with Crippen molar-refractivity contribution in [1.29, 1.82) is 0 Å². The summed E-state index contributed by atoms with van der Waals surface area (Å²) in [5.74, 6) is -1.24. The average Bonchev–Trinajstić information content (AvgIpc) is 2.86. The number of aromatic nitrogens is 2.